The van der Waals surface area contributed by atoms with E-state index in [1.807, 2.05) is 0 Å². The molecule has 3 atom stereocenters. The van der Waals surface area contributed by atoms with Crippen LogP contribution in [0.1, 0.15) is 52.4 Å². The van der Waals surface area contributed by atoms with Gasteiger partial charge in [-0.2, -0.15) is 0 Å². The van der Waals surface area contributed by atoms with Crippen LogP contribution >= 0.6 is 12.0 Å². The average molecular weight is 412 g/mol. The van der Waals surface area contributed by atoms with Crippen molar-refractivity contribution in [1.82, 2.24) is 0 Å². The van der Waals surface area contributed by atoms with E-state index in [2.05, 4.69) is 9.37 Å². The van der Waals surface area contributed by atoms with Gasteiger partial charge in [0.1, 0.15) is 4.75 Å². The molecule has 0 amide bonds. The van der Waals surface area contributed by atoms with Crippen LogP contribution in [0, 0.1) is 23.2 Å². The number of hydrogen-bond acceptors (Lipinski definition) is 7. The number of aliphatic hydroxyl groups excluding tert-OH is 2. The minimum absolute atomic E-state index is 0.0272. The molecule has 4 rings (SSSR count). The van der Waals surface area contributed by atoms with Crippen molar-refractivity contribution < 1.29 is 38.4 Å². The fourth-order valence-electron chi connectivity index (χ4n) is 5.52. The van der Waals surface area contributed by atoms with Crippen molar-refractivity contribution in [2.24, 2.45) is 23.2 Å². The van der Waals surface area contributed by atoms with Gasteiger partial charge < -0.3 is 14.9 Å². The van der Waals surface area contributed by atoms with E-state index in [0.29, 0.717) is 36.4 Å². The minimum atomic E-state index is -3.26. The monoisotopic (exact) mass is 412 g/mol. The number of hydrogen-bond donors (Lipinski definition) is 3. The topological polar surface area (TPSA) is 88.4 Å². The SMILES string of the molecule is CC(C)(SOOO)C(F)(F)CC(O)COCC12CC3CC(C1)C(O)C(C3)C2. The van der Waals surface area contributed by atoms with E-state index in [-0.39, 0.29) is 18.1 Å². The summed E-state index contributed by atoms with van der Waals surface area (Å²) in [7, 11) is 0. The third-order valence-corrected chi connectivity index (χ3v) is 7.56. The van der Waals surface area contributed by atoms with E-state index in [1.54, 1.807) is 0 Å². The maximum atomic E-state index is 14.4. The van der Waals surface area contributed by atoms with E-state index in [4.69, 9.17) is 9.99 Å². The molecule has 0 heterocycles. The van der Waals surface area contributed by atoms with Crippen molar-refractivity contribution in [3.8, 4) is 0 Å². The molecule has 3 N–H and O–H groups in total. The van der Waals surface area contributed by atoms with Gasteiger partial charge >= 0.3 is 0 Å². The number of ether oxygens (including phenoxy) is 1. The van der Waals surface area contributed by atoms with Crippen LogP contribution < -0.4 is 0 Å². The number of halogens is 2. The van der Waals surface area contributed by atoms with Crippen molar-refractivity contribution >= 4 is 12.0 Å². The largest absolute Gasteiger partial charge is 0.393 e. The highest BCUT2D eigenvalue weighted by Crippen LogP contribution is 2.60. The molecule has 4 bridgehead atoms. The second-order valence-corrected chi connectivity index (χ2v) is 10.6. The summed E-state index contributed by atoms with van der Waals surface area (Å²) in [6, 6.07) is 0. The molecule has 0 aliphatic heterocycles. The van der Waals surface area contributed by atoms with Crippen molar-refractivity contribution in [3.05, 3.63) is 0 Å². The van der Waals surface area contributed by atoms with Crippen LogP contribution in [0.3, 0.4) is 0 Å². The van der Waals surface area contributed by atoms with Gasteiger partial charge in [0, 0.05) is 18.5 Å². The molecule has 3 unspecified atom stereocenters. The van der Waals surface area contributed by atoms with Crippen molar-refractivity contribution in [1.29, 1.82) is 0 Å². The lowest BCUT2D eigenvalue weighted by Crippen LogP contribution is -2.55. The Morgan fingerprint density at radius 3 is 2.41 bits per heavy atom. The molecule has 4 aliphatic rings. The summed E-state index contributed by atoms with van der Waals surface area (Å²) in [5, 5.41) is 31.9. The van der Waals surface area contributed by atoms with Crippen molar-refractivity contribution in [3.63, 3.8) is 0 Å². The molecule has 4 aliphatic carbocycles. The molecular formula is C18H30F2O6S. The Balaban J connectivity index is 1.47. The normalized spacial score (nSPS) is 37.0. The molecule has 9 heteroatoms. The van der Waals surface area contributed by atoms with Gasteiger partial charge in [0.25, 0.3) is 5.92 Å². The first-order valence-electron chi connectivity index (χ1n) is 9.55. The molecule has 6 nitrogen and oxygen atoms in total. The van der Waals surface area contributed by atoms with Crippen LogP contribution in [0.5, 0.6) is 0 Å². The molecule has 0 saturated heterocycles. The highest BCUT2D eigenvalue weighted by atomic mass is 32.2. The van der Waals surface area contributed by atoms with Crippen LogP contribution in [-0.4, -0.2) is 51.6 Å². The molecule has 4 saturated carbocycles. The van der Waals surface area contributed by atoms with E-state index >= 15 is 0 Å². The summed E-state index contributed by atoms with van der Waals surface area (Å²) in [5.41, 5.74) is 0.0272. The zero-order valence-corrected chi connectivity index (χ0v) is 16.6. The Morgan fingerprint density at radius 2 is 1.81 bits per heavy atom. The summed E-state index contributed by atoms with van der Waals surface area (Å²) in [4.78, 5) is 0. The van der Waals surface area contributed by atoms with Gasteiger partial charge in [0.05, 0.1) is 25.4 Å². The zero-order valence-electron chi connectivity index (χ0n) is 15.8. The highest BCUT2D eigenvalue weighted by Gasteiger charge is 2.55. The van der Waals surface area contributed by atoms with Crippen LogP contribution in [0.2, 0.25) is 0 Å². The Labute approximate surface area is 162 Å². The number of rotatable bonds is 10. The molecule has 0 aromatic carbocycles. The lowest BCUT2D eigenvalue weighted by molar-refractivity contribution is -0.433. The van der Waals surface area contributed by atoms with Gasteiger partial charge in [-0.25, -0.2) is 14.0 Å². The highest BCUT2D eigenvalue weighted by molar-refractivity contribution is 7.96. The summed E-state index contributed by atoms with van der Waals surface area (Å²) in [6.07, 6.45) is 2.80. The fraction of sp³-hybridized carbons (Fsp3) is 1.00. The van der Waals surface area contributed by atoms with Gasteiger partial charge in [-0.1, -0.05) is 5.04 Å². The molecule has 0 radical (unpaired) electrons. The zero-order chi connectivity index (χ0) is 19.9. The lowest BCUT2D eigenvalue weighted by Gasteiger charge is -2.58. The fourth-order valence-corrected chi connectivity index (χ4v) is 5.92. The quantitative estimate of drug-likeness (QED) is 0.288. The van der Waals surface area contributed by atoms with Crippen LogP contribution in [-0.2, 0) is 14.1 Å². The van der Waals surface area contributed by atoms with E-state index < -0.39 is 23.2 Å². The van der Waals surface area contributed by atoms with Crippen molar-refractivity contribution in [2.75, 3.05) is 13.2 Å². The lowest BCUT2D eigenvalue weighted by atomic mass is 9.49. The van der Waals surface area contributed by atoms with E-state index in [1.165, 1.54) is 13.8 Å². The molecule has 0 spiro atoms. The number of aliphatic hydroxyl groups is 2. The van der Waals surface area contributed by atoms with Crippen molar-refractivity contribution in [2.45, 2.75) is 75.2 Å². The van der Waals surface area contributed by atoms with Gasteiger partial charge in [-0.3, -0.25) is 0 Å². The maximum absolute atomic E-state index is 14.4. The van der Waals surface area contributed by atoms with E-state index in [0.717, 1.165) is 32.1 Å². The van der Waals surface area contributed by atoms with E-state index in [9.17, 15) is 19.0 Å². The first-order valence-corrected chi connectivity index (χ1v) is 10.3. The molecule has 4 fully saturated rings. The smallest absolute Gasteiger partial charge is 0.266 e. The molecule has 0 aromatic heterocycles. The van der Waals surface area contributed by atoms with Crippen LogP contribution in [0.15, 0.2) is 0 Å². The average Bonchev–Trinajstić information content (AvgIpc) is 2.56. The molecule has 0 aromatic rings. The Bertz CT molecular complexity index is 504. The molecule has 158 valence electrons. The third-order valence-electron chi connectivity index (χ3n) is 6.71. The second kappa shape index (κ2) is 8.01. The Kier molecular flexibility index (Phi) is 6.43. The summed E-state index contributed by atoms with van der Waals surface area (Å²) < 4.78 is 36.9. The third kappa shape index (κ3) is 4.60. The first kappa shape index (κ1) is 21.7. The van der Waals surface area contributed by atoms with Crippen LogP contribution in [0.4, 0.5) is 8.78 Å². The van der Waals surface area contributed by atoms with Crippen LogP contribution in [0.25, 0.3) is 0 Å². The predicted octanol–water partition coefficient (Wildman–Crippen LogP) is 3.42. The number of alkyl halides is 2. The van der Waals surface area contributed by atoms with Gasteiger partial charge in [0.15, 0.2) is 0 Å². The van der Waals surface area contributed by atoms with Gasteiger partial charge in [-0.05, 0) is 69.1 Å². The standard InChI is InChI=1S/C18H30F2O6S/c1-16(2,27-26-25-23)18(19,20)8-14(21)9-24-10-17-5-11-3-12(6-17)15(22)13(4-11)7-17/h11-15,21-23H,3-10H2,1-2H3. The predicted molar refractivity (Wildman–Crippen MR) is 94.9 cm³/mol. The summed E-state index contributed by atoms with van der Waals surface area (Å²) in [5.74, 6) is -1.96. The minimum Gasteiger partial charge on any atom is -0.393 e. The maximum Gasteiger partial charge on any atom is 0.266 e. The summed E-state index contributed by atoms with van der Waals surface area (Å²) >= 11 is 0.292. The molecule has 27 heavy (non-hydrogen) atoms. The first-order chi connectivity index (χ1) is 12.6. The summed E-state index contributed by atoms with van der Waals surface area (Å²) in [6.45, 7) is 2.78. The Hall–Kier alpha value is -0.0300. The van der Waals surface area contributed by atoms with Gasteiger partial charge in [0.2, 0.25) is 0 Å². The molecular weight excluding hydrogens is 382 g/mol. The second-order valence-electron chi connectivity index (χ2n) is 9.27. The Morgan fingerprint density at radius 1 is 1.19 bits per heavy atom. The van der Waals surface area contributed by atoms with Gasteiger partial charge in [-0.15, -0.1) is 4.33 Å².